The molecule has 0 radical (unpaired) electrons. The summed E-state index contributed by atoms with van der Waals surface area (Å²) in [5, 5.41) is 2.53. The molecule has 0 saturated heterocycles. The van der Waals surface area contributed by atoms with Crippen LogP contribution in [0, 0.1) is 5.82 Å². The van der Waals surface area contributed by atoms with E-state index in [2.05, 4.69) is 5.32 Å². The van der Waals surface area contributed by atoms with Crippen molar-refractivity contribution in [2.24, 2.45) is 0 Å². The van der Waals surface area contributed by atoms with E-state index in [1.807, 2.05) is 30.3 Å². The molecular weight excluding hydrogens is 297 g/mol. The summed E-state index contributed by atoms with van der Waals surface area (Å²) in [6, 6.07) is 15.3. The number of amides is 1. The van der Waals surface area contributed by atoms with E-state index in [4.69, 9.17) is 4.74 Å². The van der Waals surface area contributed by atoms with E-state index in [0.29, 0.717) is 12.1 Å². The van der Waals surface area contributed by atoms with E-state index in [9.17, 15) is 14.0 Å². The molecule has 5 heteroatoms. The third-order valence-electron chi connectivity index (χ3n) is 3.16. The molecule has 0 spiro atoms. The average Bonchev–Trinajstić information content (AvgIpc) is 2.54. The highest BCUT2D eigenvalue weighted by Crippen LogP contribution is 2.10. The number of rotatable bonds is 7. The molecule has 0 heterocycles. The van der Waals surface area contributed by atoms with Gasteiger partial charge in [0.1, 0.15) is 5.82 Å². The molecule has 0 unspecified atom stereocenters. The minimum absolute atomic E-state index is 0.000678. The molecule has 120 valence electrons. The van der Waals surface area contributed by atoms with Crippen LogP contribution >= 0.6 is 0 Å². The topological polar surface area (TPSA) is 55.4 Å². The molecule has 2 aromatic carbocycles. The Balaban J connectivity index is 1.65. The fraction of sp³-hybridized carbons (Fsp3) is 0.222. The second-order valence-corrected chi connectivity index (χ2v) is 5.01. The molecule has 0 bridgehead atoms. The minimum Gasteiger partial charge on any atom is -0.465 e. The van der Waals surface area contributed by atoms with Gasteiger partial charge in [-0.25, -0.2) is 4.39 Å². The first-order chi connectivity index (χ1) is 11.1. The maximum absolute atomic E-state index is 13.0. The van der Waals surface area contributed by atoms with Crippen molar-refractivity contribution in [2.45, 2.75) is 19.3 Å². The Morgan fingerprint density at radius 1 is 1.00 bits per heavy atom. The summed E-state index contributed by atoms with van der Waals surface area (Å²) < 4.78 is 18.1. The van der Waals surface area contributed by atoms with Crippen molar-refractivity contribution in [3.63, 3.8) is 0 Å². The Hall–Kier alpha value is -2.69. The van der Waals surface area contributed by atoms with Crippen LogP contribution in [0.3, 0.4) is 0 Å². The van der Waals surface area contributed by atoms with Gasteiger partial charge < -0.3 is 10.1 Å². The summed E-state index contributed by atoms with van der Waals surface area (Å²) in [7, 11) is 0. The quantitative estimate of drug-likeness (QED) is 0.797. The lowest BCUT2D eigenvalue weighted by Crippen LogP contribution is -2.15. The Bertz CT molecular complexity index is 658. The number of hydrogen-bond acceptors (Lipinski definition) is 3. The van der Waals surface area contributed by atoms with Gasteiger partial charge in [-0.2, -0.15) is 0 Å². The van der Waals surface area contributed by atoms with E-state index >= 15 is 0 Å². The zero-order valence-electron chi connectivity index (χ0n) is 12.6. The minimum atomic E-state index is -0.428. The van der Waals surface area contributed by atoms with Gasteiger partial charge in [0.2, 0.25) is 5.91 Å². The van der Waals surface area contributed by atoms with E-state index in [0.717, 1.165) is 5.56 Å². The molecule has 2 rings (SSSR count). The molecule has 0 aliphatic carbocycles. The largest absolute Gasteiger partial charge is 0.465 e. The van der Waals surface area contributed by atoms with Crippen LogP contribution in [-0.2, 0) is 20.7 Å². The summed E-state index contributed by atoms with van der Waals surface area (Å²) in [6.07, 6.45) is 0.638. The van der Waals surface area contributed by atoms with Gasteiger partial charge >= 0.3 is 5.97 Å². The van der Waals surface area contributed by atoms with Crippen molar-refractivity contribution < 1.29 is 18.7 Å². The Labute approximate surface area is 134 Å². The molecule has 2 aromatic rings. The summed E-state index contributed by atoms with van der Waals surface area (Å²) in [5.41, 5.74) is 1.46. The van der Waals surface area contributed by atoms with Crippen LogP contribution in [0.2, 0.25) is 0 Å². The second kappa shape index (κ2) is 8.68. The van der Waals surface area contributed by atoms with Gasteiger partial charge in [-0.3, -0.25) is 9.59 Å². The maximum atomic E-state index is 13.0. The summed E-state index contributed by atoms with van der Waals surface area (Å²) in [6.45, 7) is 0.286. The second-order valence-electron chi connectivity index (χ2n) is 5.01. The lowest BCUT2D eigenvalue weighted by Gasteiger charge is -2.06. The zero-order chi connectivity index (χ0) is 16.5. The number of ether oxygens (including phenoxy) is 1. The van der Waals surface area contributed by atoms with Crippen LogP contribution < -0.4 is 5.32 Å². The Morgan fingerprint density at radius 2 is 1.78 bits per heavy atom. The van der Waals surface area contributed by atoms with Crippen molar-refractivity contribution >= 4 is 17.6 Å². The summed E-state index contributed by atoms with van der Waals surface area (Å²) in [5.74, 6) is -1.20. The van der Waals surface area contributed by atoms with Crippen LogP contribution in [0.25, 0.3) is 0 Å². The monoisotopic (exact) mass is 315 g/mol. The maximum Gasteiger partial charge on any atom is 0.306 e. The van der Waals surface area contributed by atoms with Gasteiger partial charge in [0.25, 0.3) is 0 Å². The number of anilines is 1. The fourth-order valence-corrected chi connectivity index (χ4v) is 2.00. The van der Waals surface area contributed by atoms with Gasteiger partial charge in [0, 0.05) is 18.5 Å². The number of nitrogens with one attached hydrogen (secondary N) is 1. The molecule has 0 atom stereocenters. The Kier molecular flexibility index (Phi) is 6.29. The number of esters is 1. The normalized spacial score (nSPS) is 10.1. The molecule has 0 aromatic heterocycles. The standard InChI is InChI=1S/C18H18FNO3/c19-15-7-4-8-16(13-15)20-17(21)9-10-18(22)23-12-11-14-5-2-1-3-6-14/h1-8,13H,9-12H2,(H,20,21). The molecule has 0 aliphatic heterocycles. The third kappa shape index (κ3) is 6.30. The lowest BCUT2D eigenvalue weighted by molar-refractivity contribution is -0.144. The average molecular weight is 315 g/mol. The molecule has 23 heavy (non-hydrogen) atoms. The molecule has 1 amide bonds. The molecule has 0 aliphatic rings. The number of carbonyl (C=O) groups excluding carboxylic acids is 2. The summed E-state index contributed by atoms with van der Waals surface area (Å²) >= 11 is 0. The molecule has 4 nitrogen and oxygen atoms in total. The first-order valence-corrected chi connectivity index (χ1v) is 7.38. The van der Waals surface area contributed by atoms with Crippen molar-refractivity contribution in [2.75, 3.05) is 11.9 Å². The number of hydrogen-bond donors (Lipinski definition) is 1. The van der Waals surface area contributed by atoms with E-state index in [1.54, 1.807) is 6.07 Å². The highest BCUT2D eigenvalue weighted by Gasteiger charge is 2.08. The van der Waals surface area contributed by atoms with Gasteiger partial charge in [-0.15, -0.1) is 0 Å². The molecular formula is C18H18FNO3. The molecule has 0 fully saturated rings. The van der Waals surface area contributed by atoms with Crippen molar-refractivity contribution in [1.29, 1.82) is 0 Å². The van der Waals surface area contributed by atoms with Gasteiger partial charge in [0.05, 0.1) is 13.0 Å². The van der Waals surface area contributed by atoms with Gasteiger partial charge in [0.15, 0.2) is 0 Å². The predicted molar refractivity (Wildman–Crippen MR) is 85.4 cm³/mol. The lowest BCUT2D eigenvalue weighted by atomic mass is 10.2. The SMILES string of the molecule is O=C(CCC(=O)OCCc1ccccc1)Nc1cccc(F)c1. The van der Waals surface area contributed by atoms with Crippen LogP contribution in [0.1, 0.15) is 18.4 Å². The van der Waals surface area contributed by atoms with Crippen LogP contribution in [0.5, 0.6) is 0 Å². The first-order valence-electron chi connectivity index (χ1n) is 7.38. The van der Waals surface area contributed by atoms with Crippen LogP contribution in [0.4, 0.5) is 10.1 Å². The molecule has 0 saturated carbocycles. The van der Waals surface area contributed by atoms with E-state index < -0.39 is 11.8 Å². The number of carbonyl (C=O) groups is 2. The highest BCUT2D eigenvalue weighted by molar-refractivity contribution is 5.92. The molecule has 1 N–H and O–H groups in total. The first kappa shape index (κ1) is 16.7. The van der Waals surface area contributed by atoms with Gasteiger partial charge in [-0.1, -0.05) is 36.4 Å². The number of halogens is 1. The fourth-order valence-electron chi connectivity index (χ4n) is 2.00. The third-order valence-corrected chi connectivity index (χ3v) is 3.16. The smallest absolute Gasteiger partial charge is 0.306 e. The predicted octanol–water partition coefficient (Wildman–Crippen LogP) is 3.33. The van der Waals surface area contributed by atoms with Crippen molar-refractivity contribution in [3.05, 3.63) is 66.0 Å². The van der Waals surface area contributed by atoms with Gasteiger partial charge in [-0.05, 0) is 23.8 Å². The summed E-state index contributed by atoms with van der Waals surface area (Å²) in [4.78, 5) is 23.3. The number of benzene rings is 2. The van der Waals surface area contributed by atoms with Crippen molar-refractivity contribution in [1.82, 2.24) is 0 Å². The van der Waals surface area contributed by atoms with E-state index in [1.165, 1.54) is 18.2 Å². The highest BCUT2D eigenvalue weighted by atomic mass is 19.1. The Morgan fingerprint density at radius 3 is 2.52 bits per heavy atom. The zero-order valence-corrected chi connectivity index (χ0v) is 12.6. The van der Waals surface area contributed by atoms with E-state index in [-0.39, 0.29) is 25.4 Å². The van der Waals surface area contributed by atoms with Crippen LogP contribution in [-0.4, -0.2) is 18.5 Å². The van der Waals surface area contributed by atoms with Crippen molar-refractivity contribution in [3.8, 4) is 0 Å². The van der Waals surface area contributed by atoms with Crippen LogP contribution in [0.15, 0.2) is 54.6 Å².